The molecule has 0 aliphatic carbocycles. The van der Waals surface area contributed by atoms with Crippen LogP contribution in [0.15, 0.2) is 0 Å². The van der Waals surface area contributed by atoms with Crippen LogP contribution in [-0.2, 0) is 9.59 Å². The van der Waals surface area contributed by atoms with Gasteiger partial charge in [0.25, 0.3) is 0 Å². The number of hydrogen-bond donors (Lipinski definition) is 2. The van der Waals surface area contributed by atoms with Crippen LogP contribution in [0.4, 0.5) is 4.79 Å². The number of carbonyl (C=O) groups excluding carboxylic acids is 2. The molecule has 2 atom stereocenters. The molecule has 106 valence electrons. The molecule has 2 fully saturated rings. The first-order chi connectivity index (χ1) is 8.97. The van der Waals surface area contributed by atoms with E-state index in [1.165, 1.54) is 0 Å². The van der Waals surface area contributed by atoms with E-state index in [-0.39, 0.29) is 36.7 Å². The van der Waals surface area contributed by atoms with Gasteiger partial charge in [0, 0.05) is 39.0 Å². The van der Waals surface area contributed by atoms with Gasteiger partial charge in [-0.25, -0.2) is 4.79 Å². The second-order valence-corrected chi connectivity index (χ2v) is 5.28. The van der Waals surface area contributed by atoms with Crippen LogP contribution in [0.2, 0.25) is 0 Å². The maximum atomic E-state index is 12.1. The van der Waals surface area contributed by atoms with Crippen LogP contribution in [0.25, 0.3) is 0 Å². The fourth-order valence-electron chi connectivity index (χ4n) is 2.63. The first-order valence-corrected chi connectivity index (χ1v) is 6.51. The molecule has 2 aliphatic rings. The third-order valence-electron chi connectivity index (χ3n) is 3.63. The lowest BCUT2D eigenvalue weighted by molar-refractivity contribution is -0.139. The molecule has 2 aliphatic heterocycles. The number of hydrogen-bond acceptors (Lipinski definition) is 3. The Kier molecular flexibility index (Phi) is 3.92. The van der Waals surface area contributed by atoms with Crippen LogP contribution in [0.1, 0.15) is 19.8 Å². The van der Waals surface area contributed by atoms with E-state index in [1.54, 1.807) is 16.7 Å². The van der Waals surface area contributed by atoms with Crippen molar-refractivity contribution < 1.29 is 19.5 Å². The largest absolute Gasteiger partial charge is 0.481 e. The number of carbonyl (C=O) groups is 3. The molecule has 2 unspecified atom stereocenters. The van der Waals surface area contributed by atoms with Crippen molar-refractivity contribution in [1.82, 2.24) is 15.1 Å². The molecule has 0 bridgehead atoms. The van der Waals surface area contributed by atoms with E-state index in [4.69, 9.17) is 5.11 Å². The Labute approximate surface area is 111 Å². The lowest BCUT2D eigenvalue weighted by Crippen LogP contribution is -2.53. The molecular weight excluding hydrogens is 250 g/mol. The van der Waals surface area contributed by atoms with Gasteiger partial charge in [0.2, 0.25) is 5.91 Å². The molecule has 2 N–H and O–H groups in total. The Bertz CT molecular complexity index is 398. The molecule has 7 nitrogen and oxygen atoms in total. The summed E-state index contributed by atoms with van der Waals surface area (Å²) in [6.07, 6.45) is 0.259. The summed E-state index contributed by atoms with van der Waals surface area (Å²) in [7, 11) is 0. The van der Waals surface area contributed by atoms with Crippen molar-refractivity contribution >= 4 is 17.9 Å². The number of fused-ring (bicyclic) bond motifs is 1. The molecule has 2 heterocycles. The normalized spacial score (nSPS) is 23.8. The number of nitrogens with one attached hydrogen (secondary N) is 1. The van der Waals surface area contributed by atoms with Gasteiger partial charge < -0.3 is 20.2 Å². The standard InChI is InChI=1S/C12H19N3O4/c1-8(5-11(17)18)4-10(16)14-2-3-15-9(7-14)6-13-12(15)19/h8-9H,2-7H2,1H3,(H,13,19)(H,17,18). The lowest BCUT2D eigenvalue weighted by atomic mass is 10.0. The number of nitrogens with zero attached hydrogens (tertiary/aromatic N) is 2. The minimum atomic E-state index is -0.879. The van der Waals surface area contributed by atoms with Crippen molar-refractivity contribution in [2.75, 3.05) is 26.2 Å². The summed E-state index contributed by atoms with van der Waals surface area (Å²) < 4.78 is 0. The number of carboxylic acid groups (broad SMARTS) is 1. The van der Waals surface area contributed by atoms with Crippen LogP contribution in [0.5, 0.6) is 0 Å². The average molecular weight is 269 g/mol. The van der Waals surface area contributed by atoms with Gasteiger partial charge in [0.05, 0.1) is 6.04 Å². The minimum Gasteiger partial charge on any atom is -0.481 e. The van der Waals surface area contributed by atoms with E-state index in [0.29, 0.717) is 26.2 Å². The monoisotopic (exact) mass is 269 g/mol. The molecule has 19 heavy (non-hydrogen) atoms. The van der Waals surface area contributed by atoms with Crippen molar-refractivity contribution in [3.63, 3.8) is 0 Å². The van der Waals surface area contributed by atoms with E-state index in [2.05, 4.69) is 5.32 Å². The fraction of sp³-hybridized carbons (Fsp3) is 0.750. The summed E-state index contributed by atoms with van der Waals surface area (Å²) in [6.45, 7) is 3.96. The van der Waals surface area contributed by atoms with E-state index >= 15 is 0 Å². The summed E-state index contributed by atoms with van der Waals surface area (Å²) in [5.74, 6) is -1.06. The third kappa shape index (κ3) is 3.15. The predicted molar refractivity (Wildman–Crippen MR) is 66.5 cm³/mol. The van der Waals surface area contributed by atoms with Gasteiger partial charge >= 0.3 is 12.0 Å². The summed E-state index contributed by atoms with van der Waals surface area (Å²) in [6, 6.07) is -0.00340. The molecule has 0 aromatic rings. The number of amides is 3. The van der Waals surface area contributed by atoms with Crippen molar-refractivity contribution in [3.05, 3.63) is 0 Å². The zero-order valence-corrected chi connectivity index (χ0v) is 11.0. The maximum absolute atomic E-state index is 12.1. The van der Waals surface area contributed by atoms with Crippen molar-refractivity contribution in [1.29, 1.82) is 0 Å². The summed E-state index contributed by atoms with van der Waals surface area (Å²) in [5, 5.41) is 11.4. The minimum absolute atomic E-state index is 0.00910. The molecule has 2 rings (SSSR count). The number of urea groups is 1. The van der Waals surface area contributed by atoms with E-state index in [1.807, 2.05) is 0 Å². The Morgan fingerprint density at radius 1 is 1.42 bits per heavy atom. The number of aliphatic carboxylic acids is 1. The molecule has 0 spiro atoms. The molecule has 7 heteroatoms. The lowest BCUT2D eigenvalue weighted by Gasteiger charge is -2.36. The van der Waals surface area contributed by atoms with Gasteiger partial charge in [0.15, 0.2) is 0 Å². The van der Waals surface area contributed by atoms with Gasteiger partial charge in [-0.3, -0.25) is 9.59 Å². The van der Waals surface area contributed by atoms with Gasteiger partial charge in [-0.1, -0.05) is 6.92 Å². The number of piperazine rings is 1. The first-order valence-electron chi connectivity index (χ1n) is 6.51. The molecule has 0 aromatic heterocycles. The van der Waals surface area contributed by atoms with Crippen molar-refractivity contribution in [3.8, 4) is 0 Å². The quantitative estimate of drug-likeness (QED) is 0.734. The Morgan fingerprint density at radius 3 is 2.84 bits per heavy atom. The highest BCUT2D eigenvalue weighted by Gasteiger charge is 2.36. The van der Waals surface area contributed by atoms with Crippen LogP contribution >= 0.6 is 0 Å². The highest BCUT2D eigenvalue weighted by atomic mass is 16.4. The SMILES string of the molecule is CC(CC(=O)O)CC(=O)N1CCN2C(=O)NCC2C1. The van der Waals surface area contributed by atoms with Crippen molar-refractivity contribution in [2.24, 2.45) is 5.92 Å². The smallest absolute Gasteiger partial charge is 0.317 e. The zero-order valence-electron chi connectivity index (χ0n) is 11.0. The first kappa shape index (κ1) is 13.6. The van der Waals surface area contributed by atoms with Crippen LogP contribution in [0.3, 0.4) is 0 Å². The summed E-state index contributed by atoms with van der Waals surface area (Å²) in [4.78, 5) is 37.6. The second-order valence-electron chi connectivity index (χ2n) is 5.28. The molecule has 0 radical (unpaired) electrons. The number of carboxylic acids is 1. The molecular formula is C12H19N3O4. The average Bonchev–Trinajstić information content (AvgIpc) is 2.69. The summed E-state index contributed by atoms with van der Waals surface area (Å²) in [5.41, 5.74) is 0. The maximum Gasteiger partial charge on any atom is 0.317 e. The predicted octanol–water partition coefficient (Wildman–Crippen LogP) is -0.277. The zero-order chi connectivity index (χ0) is 14.0. The van der Waals surface area contributed by atoms with Gasteiger partial charge in [-0.2, -0.15) is 0 Å². The molecule has 0 aromatic carbocycles. The van der Waals surface area contributed by atoms with Crippen LogP contribution < -0.4 is 5.32 Å². The third-order valence-corrected chi connectivity index (χ3v) is 3.63. The van der Waals surface area contributed by atoms with Crippen LogP contribution in [0, 0.1) is 5.92 Å². The Morgan fingerprint density at radius 2 is 2.16 bits per heavy atom. The second kappa shape index (κ2) is 5.46. The van der Waals surface area contributed by atoms with Gasteiger partial charge in [-0.15, -0.1) is 0 Å². The fourth-order valence-corrected chi connectivity index (χ4v) is 2.63. The van der Waals surface area contributed by atoms with Gasteiger partial charge in [0.1, 0.15) is 0 Å². The highest BCUT2D eigenvalue weighted by Crippen LogP contribution is 2.17. The highest BCUT2D eigenvalue weighted by molar-refractivity contribution is 5.80. The van der Waals surface area contributed by atoms with Crippen molar-refractivity contribution in [2.45, 2.75) is 25.8 Å². The molecule has 3 amide bonds. The topological polar surface area (TPSA) is 90.0 Å². The molecule has 2 saturated heterocycles. The Hall–Kier alpha value is -1.79. The van der Waals surface area contributed by atoms with E-state index < -0.39 is 5.97 Å². The summed E-state index contributed by atoms with van der Waals surface area (Å²) >= 11 is 0. The Balaban J connectivity index is 1.84. The van der Waals surface area contributed by atoms with E-state index in [9.17, 15) is 14.4 Å². The number of rotatable bonds is 4. The van der Waals surface area contributed by atoms with Gasteiger partial charge in [-0.05, 0) is 5.92 Å². The van der Waals surface area contributed by atoms with E-state index in [0.717, 1.165) is 0 Å². The van der Waals surface area contributed by atoms with Crippen LogP contribution in [-0.4, -0.2) is 65.0 Å². The molecule has 0 saturated carbocycles.